The average molecular weight is 335 g/mol. The molecule has 4 heteroatoms. The second-order valence-corrected chi connectivity index (χ2v) is 5.77. The summed E-state index contributed by atoms with van der Waals surface area (Å²) in [6.45, 7) is 0.413. The molecule has 0 unspecified atom stereocenters. The first-order valence-corrected chi connectivity index (χ1v) is 8.15. The number of nitrogens with one attached hydrogen (secondary N) is 1. The third kappa shape index (κ3) is 3.91. The Bertz CT molecular complexity index is 884. The monoisotopic (exact) mass is 335 g/mol. The van der Waals surface area contributed by atoms with Gasteiger partial charge in [0, 0.05) is 18.2 Å². The molecule has 0 heterocycles. The molecule has 4 nitrogen and oxygen atoms in total. The molecule has 0 spiro atoms. The number of ether oxygens (including phenoxy) is 2. The molecule has 1 N–H and O–H groups in total. The maximum absolute atomic E-state index is 12.4. The van der Waals surface area contributed by atoms with Crippen LogP contribution in [0.3, 0.4) is 0 Å². The van der Waals surface area contributed by atoms with Gasteiger partial charge in [0.25, 0.3) is 0 Å². The molecule has 0 aliphatic rings. The smallest absolute Gasteiger partial charge is 0.224 e. The number of carbonyl (C=O) groups is 1. The minimum absolute atomic E-state index is 0.0192. The first-order valence-electron chi connectivity index (χ1n) is 8.15. The third-order valence-corrected chi connectivity index (χ3v) is 4.20. The van der Waals surface area contributed by atoms with Crippen molar-refractivity contribution in [3.05, 3.63) is 71.8 Å². The summed E-state index contributed by atoms with van der Waals surface area (Å²) in [4.78, 5) is 12.4. The van der Waals surface area contributed by atoms with Crippen LogP contribution in [-0.4, -0.2) is 20.1 Å². The highest BCUT2D eigenvalue weighted by Crippen LogP contribution is 2.24. The van der Waals surface area contributed by atoms with Gasteiger partial charge in [-0.15, -0.1) is 0 Å². The van der Waals surface area contributed by atoms with Gasteiger partial charge >= 0.3 is 0 Å². The molecule has 0 aromatic heterocycles. The van der Waals surface area contributed by atoms with Crippen molar-refractivity contribution in [2.45, 2.75) is 13.0 Å². The van der Waals surface area contributed by atoms with Crippen LogP contribution in [0.4, 0.5) is 0 Å². The van der Waals surface area contributed by atoms with Crippen LogP contribution in [0.25, 0.3) is 10.8 Å². The normalized spacial score (nSPS) is 10.5. The van der Waals surface area contributed by atoms with Gasteiger partial charge in [-0.05, 0) is 28.5 Å². The van der Waals surface area contributed by atoms with Crippen LogP contribution in [0.5, 0.6) is 11.5 Å². The summed E-state index contributed by atoms with van der Waals surface area (Å²) in [6, 6.07) is 19.7. The summed E-state index contributed by atoms with van der Waals surface area (Å²) >= 11 is 0. The van der Waals surface area contributed by atoms with Crippen molar-refractivity contribution in [3.8, 4) is 11.5 Å². The molecule has 0 fully saturated rings. The minimum atomic E-state index is -0.0192. The van der Waals surface area contributed by atoms with Crippen LogP contribution in [0.1, 0.15) is 11.1 Å². The molecule has 3 aromatic carbocycles. The van der Waals surface area contributed by atoms with E-state index in [9.17, 15) is 4.79 Å². The van der Waals surface area contributed by atoms with Crippen molar-refractivity contribution in [2.75, 3.05) is 14.2 Å². The van der Waals surface area contributed by atoms with Crippen LogP contribution in [0, 0.1) is 0 Å². The van der Waals surface area contributed by atoms with Gasteiger partial charge in [0.05, 0.1) is 20.6 Å². The van der Waals surface area contributed by atoms with Gasteiger partial charge in [0.15, 0.2) is 0 Å². The number of hydrogen-bond donors (Lipinski definition) is 1. The second-order valence-electron chi connectivity index (χ2n) is 5.77. The van der Waals surface area contributed by atoms with E-state index in [0.29, 0.717) is 18.7 Å². The molecule has 3 aromatic rings. The molecule has 0 saturated heterocycles. The molecule has 0 atom stereocenters. The molecular weight excluding hydrogens is 314 g/mol. The zero-order valence-electron chi connectivity index (χ0n) is 14.4. The highest BCUT2D eigenvalue weighted by Gasteiger charge is 2.09. The SMILES string of the molecule is COc1ccc(CNC(=O)Cc2cccc3ccccc23)c(OC)c1. The highest BCUT2D eigenvalue weighted by molar-refractivity contribution is 5.90. The molecule has 25 heavy (non-hydrogen) atoms. The van der Waals surface area contributed by atoms with E-state index >= 15 is 0 Å². The first kappa shape index (κ1) is 16.8. The highest BCUT2D eigenvalue weighted by atomic mass is 16.5. The fourth-order valence-electron chi connectivity index (χ4n) is 2.87. The van der Waals surface area contributed by atoms with Gasteiger partial charge in [-0.2, -0.15) is 0 Å². The van der Waals surface area contributed by atoms with Gasteiger partial charge in [-0.1, -0.05) is 42.5 Å². The van der Waals surface area contributed by atoms with Gasteiger partial charge < -0.3 is 14.8 Å². The van der Waals surface area contributed by atoms with E-state index in [1.807, 2.05) is 48.5 Å². The largest absolute Gasteiger partial charge is 0.497 e. The van der Waals surface area contributed by atoms with Crippen molar-refractivity contribution in [3.63, 3.8) is 0 Å². The molecule has 3 rings (SSSR count). The molecule has 0 aliphatic heterocycles. The summed E-state index contributed by atoms with van der Waals surface area (Å²) in [5.41, 5.74) is 1.94. The Labute approximate surface area is 147 Å². The summed E-state index contributed by atoms with van der Waals surface area (Å²) < 4.78 is 10.6. The maximum Gasteiger partial charge on any atom is 0.224 e. The van der Waals surface area contributed by atoms with E-state index in [1.165, 1.54) is 0 Å². The Kier molecular flexibility index (Phi) is 5.19. The lowest BCUT2D eigenvalue weighted by Gasteiger charge is -2.12. The van der Waals surface area contributed by atoms with E-state index in [-0.39, 0.29) is 5.91 Å². The zero-order chi connectivity index (χ0) is 17.6. The van der Waals surface area contributed by atoms with Crippen LogP contribution >= 0.6 is 0 Å². The lowest BCUT2D eigenvalue weighted by Crippen LogP contribution is -2.24. The second kappa shape index (κ2) is 7.71. The molecule has 0 bridgehead atoms. The van der Waals surface area contributed by atoms with Crippen molar-refractivity contribution in [1.29, 1.82) is 0 Å². The number of hydrogen-bond acceptors (Lipinski definition) is 3. The summed E-state index contributed by atoms with van der Waals surface area (Å²) in [7, 11) is 3.22. The minimum Gasteiger partial charge on any atom is -0.497 e. The quantitative estimate of drug-likeness (QED) is 0.747. The fourth-order valence-corrected chi connectivity index (χ4v) is 2.87. The van der Waals surface area contributed by atoms with Crippen LogP contribution in [0.2, 0.25) is 0 Å². The molecule has 128 valence electrons. The van der Waals surface area contributed by atoms with Gasteiger partial charge in [0.1, 0.15) is 11.5 Å². The molecule has 1 amide bonds. The number of rotatable bonds is 6. The number of carbonyl (C=O) groups excluding carboxylic acids is 1. The Balaban J connectivity index is 1.69. The van der Waals surface area contributed by atoms with Crippen molar-refractivity contribution >= 4 is 16.7 Å². The van der Waals surface area contributed by atoms with E-state index in [4.69, 9.17) is 9.47 Å². The standard InChI is InChI=1S/C21H21NO3/c1-24-18-11-10-17(20(13-18)25-2)14-22-21(23)12-16-8-5-7-15-6-3-4-9-19(15)16/h3-11,13H,12,14H2,1-2H3,(H,22,23). The lowest BCUT2D eigenvalue weighted by molar-refractivity contribution is -0.120. The molecular formula is C21H21NO3. The average Bonchev–Trinajstić information content (AvgIpc) is 2.66. The van der Waals surface area contributed by atoms with Crippen molar-refractivity contribution in [2.24, 2.45) is 0 Å². The van der Waals surface area contributed by atoms with E-state index in [0.717, 1.165) is 27.6 Å². The van der Waals surface area contributed by atoms with Crippen LogP contribution in [-0.2, 0) is 17.8 Å². The zero-order valence-corrected chi connectivity index (χ0v) is 14.4. The summed E-state index contributed by atoms with van der Waals surface area (Å²) in [5.74, 6) is 1.40. The Hall–Kier alpha value is -3.01. The van der Waals surface area contributed by atoms with E-state index in [1.54, 1.807) is 14.2 Å². The number of amides is 1. The van der Waals surface area contributed by atoms with E-state index < -0.39 is 0 Å². The Morgan fingerprint density at radius 1 is 0.920 bits per heavy atom. The fraction of sp³-hybridized carbons (Fsp3) is 0.190. The first-order chi connectivity index (χ1) is 12.2. The van der Waals surface area contributed by atoms with E-state index in [2.05, 4.69) is 17.4 Å². The van der Waals surface area contributed by atoms with Crippen LogP contribution in [0.15, 0.2) is 60.7 Å². The predicted molar refractivity (Wildman–Crippen MR) is 99.0 cm³/mol. The van der Waals surface area contributed by atoms with Gasteiger partial charge in [-0.25, -0.2) is 0 Å². The molecule has 0 aliphatic carbocycles. The third-order valence-electron chi connectivity index (χ3n) is 4.20. The van der Waals surface area contributed by atoms with Gasteiger partial charge in [-0.3, -0.25) is 4.79 Å². The number of methoxy groups -OCH3 is 2. The number of benzene rings is 3. The molecule has 0 saturated carbocycles. The Morgan fingerprint density at radius 3 is 2.52 bits per heavy atom. The topological polar surface area (TPSA) is 47.6 Å². The number of fused-ring (bicyclic) bond motifs is 1. The van der Waals surface area contributed by atoms with Crippen molar-refractivity contribution < 1.29 is 14.3 Å². The van der Waals surface area contributed by atoms with Gasteiger partial charge in [0.2, 0.25) is 5.91 Å². The maximum atomic E-state index is 12.4. The lowest BCUT2D eigenvalue weighted by atomic mass is 10.0. The summed E-state index contributed by atoms with van der Waals surface area (Å²) in [6.07, 6.45) is 0.347. The van der Waals surface area contributed by atoms with Crippen LogP contribution < -0.4 is 14.8 Å². The molecule has 0 radical (unpaired) electrons. The summed E-state index contributed by atoms with van der Waals surface area (Å²) in [5, 5.41) is 5.22. The predicted octanol–water partition coefficient (Wildman–Crippen LogP) is 3.72. The van der Waals surface area contributed by atoms with Crippen molar-refractivity contribution in [1.82, 2.24) is 5.32 Å². The Morgan fingerprint density at radius 2 is 1.72 bits per heavy atom.